The predicted molar refractivity (Wildman–Crippen MR) is 91.2 cm³/mol. The zero-order valence-electron chi connectivity index (χ0n) is 12.6. The van der Waals surface area contributed by atoms with Crippen LogP contribution in [0, 0.1) is 0 Å². The summed E-state index contributed by atoms with van der Waals surface area (Å²) in [6.07, 6.45) is 2.78. The second-order valence-corrected chi connectivity index (χ2v) is 5.33. The van der Waals surface area contributed by atoms with Crippen molar-refractivity contribution >= 4 is 16.6 Å². The summed E-state index contributed by atoms with van der Waals surface area (Å²) in [4.78, 5) is 12.2. The second-order valence-electron chi connectivity index (χ2n) is 5.33. The maximum Gasteiger partial charge on any atom is 0.187 e. The molecule has 0 aliphatic heterocycles. The highest BCUT2D eigenvalue weighted by Gasteiger charge is 2.04. The normalized spacial score (nSPS) is 11.0. The van der Waals surface area contributed by atoms with E-state index in [9.17, 15) is 10.0 Å². The van der Waals surface area contributed by atoms with Crippen LogP contribution in [0.3, 0.4) is 0 Å². The Balaban J connectivity index is 1.69. The average Bonchev–Trinajstić information content (AvgIpc) is 2.60. The van der Waals surface area contributed by atoms with Gasteiger partial charge in [0.25, 0.3) is 0 Å². The Morgan fingerprint density at radius 3 is 2.39 bits per heavy atom. The molecule has 3 aromatic rings. The van der Waals surface area contributed by atoms with Gasteiger partial charge in [-0.2, -0.15) is 0 Å². The summed E-state index contributed by atoms with van der Waals surface area (Å²) in [6.45, 7) is 0.336. The number of benzene rings is 3. The third-order valence-corrected chi connectivity index (χ3v) is 3.62. The first-order valence-corrected chi connectivity index (χ1v) is 7.43. The molecule has 0 amide bonds. The van der Waals surface area contributed by atoms with Crippen LogP contribution in [0.25, 0.3) is 10.8 Å². The van der Waals surface area contributed by atoms with Gasteiger partial charge in [0.15, 0.2) is 5.78 Å². The summed E-state index contributed by atoms with van der Waals surface area (Å²) in [6, 6.07) is 23.1. The van der Waals surface area contributed by atoms with Crippen molar-refractivity contribution in [1.29, 1.82) is 0 Å². The van der Waals surface area contributed by atoms with Crippen LogP contribution in [0.1, 0.15) is 15.9 Å². The zero-order chi connectivity index (χ0) is 16.1. The van der Waals surface area contributed by atoms with Gasteiger partial charge in [0.1, 0.15) is 0 Å². The van der Waals surface area contributed by atoms with Crippen LogP contribution in [-0.4, -0.2) is 16.1 Å². The van der Waals surface area contributed by atoms with E-state index in [1.54, 1.807) is 6.07 Å². The number of nitrogens with zero attached hydrogens (tertiary/aromatic N) is 1. The molecule has 0 atom stereocenters. The first-order valence-electron chi connectivity index (χ1n) is 7.43. The summed E-state index contributed by atoms with van der Waals surface area (Å²) in [5.74, 6) is -0.136. The molecule has 0 fully saturated rings. The van der Waals surface area contributed by atoms with Crippen LogP contribution < -0.4 is 0 Å². The van der Waals surface area contributed by atoms with Gasteiger partial charge in [-0.3, -0.25) is 15.1 Å². The average molecular weight is 303 g/mol. The van der Waals surface area contributed by atoms with Crippen molar-refractivity contribution in [3.05, 3.63) is 96.2 Å². The number of hydrogen-bond donors (Lipinski definition) is 1. The molecule has 0 spiro atoms. The Kier molecular flexibility index (Phi) is 4.50. The molecule has 0 radical (unpaired) electrons. The lowest BCUT2D eigenvalue weighted by atomic mass is 10.0. The molecule has 0 aromatic heterocycles. The highest BCUT2D eigenvalue weighted by Crippen LogP contribution is 2.16. The molecule has 0 aliphatic carbocycles. The van der Waals surface area contributed by atoms with Gasteiger partial charge in [-0.15, -0.1) is 0 Å². The Morgan fingerprint density at radius 2 is 1.61 bits per heavy atom. The van der Waals surface area contributed by atoms with E-state index in [0.717, 1.165) is 21.4 Å². The van der Waals surface area contributed by atoms with Crippen LogP contribution in [0.4, 0.5) is 0 Å². The lowest BCUT2D eigenvalue weighted by Gasteiger charge is -2.11. The molecule has 114 valence electrons. The fourth-order valence-electron chi connectivity index (χ4n) is 2.42. The van der Waals surface area contributed by atoms with Crippen molar-refractivity contribution in [1.82, 2.24) is 5.06 Å². The molecule has 0 bridgehead atoms. The van der Waals surface area contributed by atoms with Crippen molar-refractivity contribution in [2.24, 2.45) is 0 Å². The van der Waals surface area contributed by atoms with Crippen LogP contribution >= 0.6 is 0 Å². The Hall–Kier alpha value is -2.91. The number of rotatable bonds is 5. The number of carbonyl (C=O) groups is 1. The van der Waals surface area contributed by atoms with Gasteiger partial charge < -0.3 is 0 Å². The van der Waals surface area contributed by atoms with Crippen LogP contribution in [-0.2, 0) is 6.54 Å². The van der Waals surface area contributed by atoms with E-state index < -0.39 is 0 Å². The molecule has 0 aliphatic rings. The Labute approximate surface area is 135 Å². The van der Waals surface area contributed by atoms with E-state index in [2.05, 4.69) is 0 Å². The van der Waals surface area contributed by atoms with Crippen molar-refractivity contribution in [2.45, 2.75) is 6.54 Å². The minimum absolute atomic E-state index is 0.136. The fourth-order valence-corrected chi connectivity index (χ4v) is 2.42. The maximum absolute atomic E-state index is 12.2. The quantitative estimate of drug-likeness (QED) is 0.431. The first kappa shape index (κ1) is 15.0. The number of ketones is 1. The van der Waals surface area contributed by atoms with Gasteiger partial charge in [-0.05, 0) is 22.4 Å². The third-order valence-electron chi connectivity index (χ3n) is 3.62. The SMILES string of the molecule is O=C(/C=C\N(O)Cc1ccccc1)c1ccc2ccccc2c1. The smallest absolute Gasteiger partial charge is 0.187 e. The summed E-state index contributed by atoms with van der Waals surface area (Å²) >= 11 is 0. The molecular formula is C20H17NO2. The topological polar surface area (TPSA) is 40.5 Å². The molecule has 23 heavy (non-hydrogen) atoms. The van der Waals surface area contributed by atoms with E-state index in [1.807, 2.05) is 66.7 Å². The second kappa shape index (κ2) is 6.90. The molecule has 3 aromatic carbocycles. The number of allylic oxidation sites excluding steroid dienone is 1. The highest BCUT2D eigenvalue weighted by atomic mass is 16.5. The third kappa shape index (κ3) is 3.84. The summed E-state index contributed by atoms with van der Waals surface area (Å²) in [5.41, 5.74) is 1.57. The van der Waals surface area contributed by atoms with Crippen molar-refractivity contribution in [2.75, 3.05) is 0 Å². The molecular weight excluding hydrogens is 286 g/mol. The predicted octanol–water partition coefficient (Wildman–Crippen LogP) is 4.43. The van der Waals surface area contributed by atoms with Gasteiger partial charge >= 0.3 is 0 Å². The Morgan fingerprint density at radius 1 is 0.913 bits per heavy atom. The van der Waals surface area contributed by atoms with E-state index >= 15 is 0 Å². The van der Waals surface area contributed by atoms with Gasteiger partial charge in [-0.1, -0.05) is 66.7 Å². The number of hydroxylamine groups is 2. The molecule has 0 saturated heterocycles. The van der Waals surface area contributed by atoms with Crippen molar-refractivity contribution < 1.29 is 10.0 Å². The van der Waals surface area contributed by atoms with Gasteiger partial charge in [0.2, 0.25) is 0 Å². The minimum Gasteiger partial charge on any atom is -0.289 e. The largest absolute Gasteiger partial charge is 0.289 e. The lowest BCUT2D eigenvalue weighted by molar-refractivity contribution is -0.0491. The van der Waals surface area contributed by atoms with E-state index in [0.29, 0.717) is 12.1 Å². The molecule has 0 unspecified atom stereocenters. The molecule has 3 heteroatoms. The van der Waals surface area contributed by atoms with Crippen molar-refractivity contribution in [3.8, 4) is 0 Å². The number of fused-ring (bicyclic) bond motifs is 1. The molecule has 3 nitrogen and oxygen atoms in total. The van der Waals surface area contributed by atoms with Gasteiger partial charge in [0, 0.05) is 17.8 Å². The number of hydrogen-bond acceptors (Lipinski definition) is 3. The lowest BCUT2D eigenvalue weighted by Crippen LogP contribution is -2.11. The van der Waals surface area contributed by atoms with E-state index in [-0.39, 0.29) is 5.78 Å². The van der Waals surface area contributed by atoms with Crippen LogP contribution in [0.5, 0.6) is 0 Å². The van der Waals surface area contributed by atoms with Crippen LogP contribution in [0.15, 0.2) is 85.1 Å². The monoisotopic (exact) mass is 303 g/mol. The zero-order valence-corrected chi connectivity index (χ0v) is 12.6. The summed E-state index contributed by atoms with van der Waals surface area (Å²) in [5, 5.41) is 13.0. The molecule has 0 saturated carbocycles. The van der Waals surface area contributed by atoms with E-state index in [4.69, 9.17) is 0 Å². The molecule has 1 N–H and O–H groups in total. The van der Waals surface area contributed by atoms with Crippen LogP contribution in [0.2, 0.25) is 0 Å². The number of carbonyl (C=O) groups excluding carboxylic acids is 1. The summed E-state index contributed by atoms with van der Waals surface area (Å²) in [7, 11) is 0. The molecule has 3 rings (SSSR count). The maximum atomic E-state index is 12.2. The standard InChI is InChI=1S/C20H17NO2/c22-20(12-13-21(23)15-16-6-2-1-3-7-16)19-11-10-17-8-4-5-9-18(17)14-19/h1-14,23H,15H2/b13-12-. The van der Waals surface area contributed by atoms with Crippen molar-refractivity contribution in [3.63, 3.8) is 0 Å². The van der Waals surface area contributed by atoms with Gasteiger partial charge in [0.05, 0.1) is 6.54 Å². The summed E-state index contributed by atoms with van der Waals surface area (Å²) < 4.78 is 0. The minimum atomic E-state index is -0.136. The Bertz CT molecular complexity index is 840. The first-order chi connectivity index (χ1) is 11.2. The molecule has 0 heterocycles. The van der Waals surface area contributed by atoms with Gasteiger partial charge in [-0.25, -0.2) is 0 Å². The fraction of sp³-hybridized carbons (Fsp3) is 0.0500. The van der Waals surface area contributed by atoms with E-state index in [1.165, 1.54) is 12.3 Å². The highest BCUT2D eigenvalue weighted by molar-refractivity contribution is 6.06.